The van der Waals surface area contributed by atoms with Gasteiger partial charge in [-0.25, -0.2) is 8.42 Å². The van der Waals surface area contributed by atoms with Gasteiger partial charge in [-0.05, 0) is 35.8 Å². The van der Waals surface area contributed by atoms with Crippen molar-refractivity contribution in [1.29, 1.82) is 0 Å². The Kier molecular flexibility index (Phi) is 5.07. The second-order valence-corrected chi connectivity index (χ2v) is 8.08. The maximum absolute atomic E-state index is 12.6. The molecule has 1 aliphatic carbocycles. The van der Waals surface area contributed by atoms with Crippen LogP contribution >= 0.6 is 0 Å². The third kappa shape index (κ3) is 4.26. The van der Waals surface area contributed by atoms with Crippen molar-refractivity contribution in [2.24, 2.45) is 0 Å². The molecule has 1 aliphatic rings. The zero-order valence-electron chi connectivity index (χ0n) is 14.3. The van der Waals surface area contributed by atoms with E-state index < -0.39 is 39.2 Å². The lowest BCUT2D eigenvalue weighted by Gasteiger charge is -2.13. The standard InChI is InChI=1S/C19H16F3NO4S/c20-19(21,22)15-8-6-13(7-9-15)10-11-28(26,27)23-18(17(24)25)12-16(18)14-4-2-1-3-5-14/h1-11,16,23H,12H2,(H,24,25)/b11-10+/t16-,18+/m1/s1. The van der Waals surface area contributed by atoms with E-state index in [1.54, 1.807) is 30.3 Å². The Morgan fingerprint density at radius 2 is 1.71 bits per heavy atom. The predicted octanol–water partition coefficient (Wildman–Crippen LogP) is 3.61. The smallest absolute Gasteiger partial charge is 0.416 e. The van der Waals surface area contributed by atoms with Gasteiger partial charge in [0.1, 0.15) is 5.54 Å². The summed E-state index contributed by atoms with van der Waals surface area (Å²) in [5, 5.41) is 10.3. The predicted molar refractivity (Wildman–Crippen MR) is 96.7 cm³/mol. The normalized spacial score (nSPS) is 22.3. The molecule has 5 nitrogen and oxygen atoms in total. The van der Waals surface area contributed by atoms with Gasteiger partial charge >= 0.3 is 12.1 Å². The molecule has 1 saturated carbocycles. The van der Waals surface area contributed by atoms with E-state index in [1.807, 2.05) is 0 Å². The number of carboxylic acids is 1. The van der Waals surface area contributed by atoms with Gasteiger partial charge in [0.2, 0.25) is 10.0 Å². The van der Waals surface area contributed by atoms with Gasteiger partial charge in [-0.2, -0.15) is 17.9 Å². The molecule has 0 spiro atoms. The summed E-state index contributed by atoms with van der Waals surface area (Å²) >= 11 is 0. The van der Waals surface area contributed by atoms with Crippen LogP contribution in [0.25, 0.3) is 6.08 Å². The van der Waals surface area contributed by atoms with Gasteiger partial charge in [0, 0.05) is 11.3 Å². The highest BCUT2D eigenvalue weighted by Crippen LogP contribution is 2.52. The average Bonchev–Trinajstić information content (AvgIpc) is 3.35. The zero-order valence-corrected chi connectivity index (χ0v) is 15.2. The molecular formula is C19H16F3NO4S. The Morgan fingerprint density at radius 1 is 1.11 bits per heavy atom. The summed E-state index contributed by atoms with van der Waals surface area (Å²) in [5.41, 5.74) is -1.54. The van der Waals surface area contributed by atoms with Crippen molar-refractivity contribution < 1.29 is 31.5 Å². The van der Waals surface area contributed by atoms with Crippen LogP contribution in [-0.4, -0.2) is 25.0 Å². The number of rotatable bonds is 6. The number of hydrogen-bond acceptors (Lipinski definition) is 3. The maximum atomic E-state index is 12.6. The molecule has 2 N–H and O–H groups in total. The van der Waals surface area contributed by atoms with E-state index in [0.29, 0.717) is 5.56 Å². The Bertz CT molecular complexity index is 1000. The minimum absolute atomic E-state index is 0.111. The van der Waals surface area contributed by atoms with Crippen molar-refractivity contribution in [2.75, 3.05) is 0 Å². The van der Waals surface area contributed by atoms with Gasteiger partial charge in [-0.3, -0.25) is 4.79 Å². The summed E-state index contributed by atoms with van der Waals surface area (Å²) in [6.07, 6.45) is -3.26. The molecule has 3 rings (SSSR count). The SMILES string of the molecule is O=C(O)[C@]1(NS(=O)(=O)/C=C/c2ccc(C(F)(F)F)cc2)C[C@@H]1c1ccccc1. The number of nitrogens with one attached hydrogen (secondary N) is 1. The number of alkyl halides is 3. The van der Waals surface area contributed by atoms with Crippen LogP contribution in [0.5, 0.6) is 0 Å². The monoisotopic (exact) mass is 411 g/mol. The molecule has 0 amide bonds. The molecule has 28 heavy (non-hydrogen) atoms. The van der Waals surface area contributed by atoms with Crippen LogP contribution in [0.3, 0.4) is 0 Å². The van der Waals surface area contributed by atoms with E-state index in [2.05, 4.69) is 4.72 Å². The van der Waals surface area contributed by atoms with E-state index in [4.69, 9.17) is 0 Å². The fourth-order valence-electron chi connectivity index (χ4n) is 2.98. The second-order valence-electron chi connectivity index (χ2n) is 6.51. The molecule has 0 heterocycles. The van der Waals surface area contributed by atoms with Crippen molar-refractivity contribution in [2.45, 2.75) is 24.1 Å². The molecule has 0 bridgehead atoms. The lowest BCUT2D eigenvalue weighted by molar-refractivity contribution is -0.140. The van der Waals surface area contributed by atoms with E-state index in [0.717, 1.165) is 35.7 Å². The fourth-order valence-corrected chi connectivity index (χ4v) is 4.21. The molecule has 0 radical (unpaired) electrons. The summed E-state index contributed by atoms with van der Waals surface area (Å²) < 4.78 is 64.5. The molecule has 0 aliphatic heterocycles. The number of carbonyl (C=O) groups is 1. The summed E-state index contributed by atoms with van der Waals surface area (Å²) in [6.45, 7) is 0. The van der Waals surface area contributed by atoms with Gasteiger partial charge < -0.3 is 5.11 Å². The first-order valence-electron chi connectivity index (χ1n) is 8.21. The van der Waals surface area contributed by atoms with Crippen LogP contribution in [0.1, 0.15) is 29.0 Å². The first kappa shape index (κ1) is 20.1. The Hall–Kier alpha value is -2.65. The fraction of sp³-hybridized carbons (Fsp3) is 0.211. The van der Waals surface area contributed by atoms with Crippen molar-refractivity contribution in [3.8, 4) is 0 Å². The van der Waals surface area contributed by atoms with Crippen molar-refractivity contribution in [3.63, 3.8) is 0 Å². The highest BCUT2D eigenvalue weighted by molar-refractivity contribution is 7.92. The summed E-state index contributed by atoms with van der Waals surface area (Å²) in [6, 6.07) is 12.6. The third-order valence-electron chi connectivity index (χ3n) is 4.55. The van der Waals surface area contributed by atoms with E-state index >= 15 is 0 Å². The van der Waals surface area contributed by atoms with Crippen LogP contribution < -0.4 is 4.72 Å². The van der Waals surface area contributed by atoms with Crippen LogP contribution in [-0.2, 0) is 21.0 Å². The van der Waals surface area contributed by atoms with Crippen LogP contribution in [0.2, 0.25) is 0 Å². The minimum Gasteiger partial charge on any atom is -0.480 e. The molecule has 2 atom stereocenters. The molecule has 2 aromatic rings. The van der Waals surface area contributed by atoms with Gasteiger partial charge in [0.05, 0.1) is 5.56 Å². The van der Waals surface area contributed by atoms with Gasteiger partial charge in [0.25, 0.3) is 0 Å². The first-order valence-corrected chi connectivity index (χ1v) is 9.76. The number of aliphatic carboxylic acids is 1. The number of sulfonamides is 1. The van der Waals surface area contributed by atoms with E-state index in [1.165, 1.54) is 0 Å². The maximum Gasteiger partial charge on any atom is 0.416 e. The topological polar surface area (TPSA) is 83.5 Å². The van der Waals surface area contributed by atoms with Crippen molar-refractivity contribution >= 4 is 22.1 Å². The molecule has 2 aromatic carbocycles. The Labute approximate surface area is 159 Å². The minimum atomic E-state index is -4.48. The average molecular weight is 411 g/mol. The highest BCUT2D eigenvalue weighted by atomic mass is 32.2. The lowest BCUT2D eigenvalue weighted by Crippen LogP contribution is -2.43. The van der Waals surface area contributed by atoms with Gasteiger partial charge in [0.15, 0.2) is 0 Å². The first-order chi connectivity index (χ1) is 13.0. The molecular weight excluding hydrogens is 395 g/mol. The number of halogens is 3. The largest absolute Gasteiger partial charge is 0.480 e. The molecule has 0 aromatic heterocycles. The van der Waals surface area contributed by atoms with Crippen LogP contribution in [0, 0.1) is 0 Å². The zero-order chi connectivity index (χ0) is 20.6. The van der Waals surface area contributed by atoms with Crippen molar-refractivity contribution in [1.82, 2.24) is 4.72 Å². The number of hydrogen-bond donors (Lipinski definition) is 2. The molecule has 1 fully saturated rings. The van der Waals surface area contributed by atoms with Crippen LogP contribution in [0.4, 0.5) is 13.2 Å². The second kappa shape index (κ2) is 7.06. The van der Waals surface area contributed by atoms with E-state index in [-0.39, 0.29) is 12.0 Å². The summed E-state index contributed by atoms with van der Waals surface area (Å²) in [5.74, 6) is -1.78. The summed E-state index contributed by atoms with van der Waals surface area (Å²) in [7, 11) is -4.13. The number of benzene rings is 2. The van der Waals surface area contributed by atoms with Gasteiger partial charge in [-0.15, -0.1) is 0 Å². The molecule has 9 heteroatoms. The summed E-state index contributed by atoms with van der Waals surface area (Å²) in [4.78, 5) is 11.7. The molecule has 0 unspecified atom stereocenters. The number of carboxylic acid groups (broad SMARTS) is 1. The van der Waals surface area contributed by atoms with Crippen molar-refractivity contribution in [3.05, 3.63) is 76.7 Å². The van der Waals surface area contributed by atoms with E-state index in [9.17, 15) is 31.5 Å². The molecule has 148 valence electrons. The van der Waals surface area contributed by atoms with Crippen LogP contribution in [0.15, 0.2) is 60.0 Å². The molecule has 0 saturated heterocycles. The quantitative estimate of drug-likeness (QED) is 0.761. The third-order valence-corrected chi connectivity index (χ3v) is 5.69. The van der Waals surface area contributed by atoms with Gasteiger partial charge in [-0.1, -0.05) is 42.5 Å². The lowest BCUT2D eigenvalue weighted by atomic mass is 10.1. The Balaban J connectivity index is 1.76. The highest BCUT2D eigenvalue weighted by Gasteiger charge is 2.63. The Morgan fingerprint density at radius 3 is 2.25 bits per heavy atom.